The molecule has 4 aromatic rings. The van der Waals surface area contributed by atoms with Gasteiger partial charge in [-0.3, -0.25) is 14.2 Å². The first-order valence-electron chi connectivity index (χ1n) is 11.9. The first-order chi connectivity index (χ1) is 18.4. The number of carbonyl (C=O) groups excluding carboxylic acids is 1. The Morgan fingerprint density at radius 3 is 2.62 bits per heavy atom. The lowest BCUT2D eigenvalue weighted by atomic mass is 10.1. The number of anilines is 1. The average molecular weight is 564 g/mol. The van der Waals surface area contributed by atoms with Gasteiger partial charge < -0.3 is 14.2 Å². The van der Waals surface area contributed by atoms with Crippen molar-refractivity contribution < 1.29 is 35.6 Å². The van der Waals surface area contributed by atoms with Crippen LogP contribution in [0.15, 0.2) is 45.9 Å². The van der Waals surface area contributed by atoms with Gasteiger partial charge in [-0.25, -0.2) is 8.42 Å². The van der Waals surface area contributed by atoms with Crippen LogP contribution in [0.1, 0.15) is 34.9 Å². The highest BCUT2D eigenvalue weighted by atomic mass is 32.2. The van der Waals surface area contributed by atoms with Crippen LogP contribution in [-0.2, 0) is 40.9 Å². The molecular formula is C25H24F3N5O5S. The van der Waals surface area contributed by atoms with Gasteiger partial charge in [-0.05, 0) is 48.2 Å². The summed E-state index contributed by atoms with van der Waals surface area (Å²) < 4.78 is 79.4. The van der Waals surface area contributed by atoms with Crippen molar-refractivity contribution in [2.75, 3.05) is 11.8 Å². The van der Waals surface area contributed by atoms with Crippen LogP contribution >= 0.6 is 0 Å². The Hall–Kier alpha value is -4.07. The number of hydrogen-bond donors (Lipinski definition) is 1. The zero-order valence-electron chi connectivity index (χ0n) is 21.2. The molecule has 1 aliphatic heterocycles. The predicted octanol–water partition coefficient (Wildman–Crippen LogP) is 4.16. The number of nitrogens with one attached hydrogen (secondary N) is 1. The largest absolute Gasteiger partial charge is 0.495 e. The van der Waals surface area contributed by atoms with E-state index in [1.807, 2.05) is 13.0 Å². The normalized spacial score (nSPS) is 13.6. The van der Waals surface area contributed by atoms with Gasteiger partial charge >= 0.3 is 12.1 Å². The lowest BCUT2D eigenvalue weighted by molar-refractivity contribution is -0.186. The van der Waals surface area contributed by atoms with Crippen LogP contribution in [0.5, 0.6) is 5.75 Å². The molecule has 0 atom stereocenters. The van der Waals surface area contributed by atoms with E-state index >= 15 is 0 Å². The molecule has 1 amide bonds. The number of hydrogen-bond acceptors (Lipinski definition) is 7. The van der Waals surface area contributed by atoms with Gasteiger partial charge in [0, 0.05) is 18.3 Å². The van der Waals surface area contributed by atoms with Crippen LogP contribution in [0, 0.1) is 6.92 Å². The number of methoxy groups -OCH3 is 1. The van der Waals surface area contributed by atoms with E-state index < -0.39 is 22.1 Å². The van der Waals surface area contributed by atoms with E-state index in [-0.39, 0.29) is 36.1 Å². The highest BCUT2D eigenvalue weighted by molar-refractivity contribution is 7.92. The van der Waals surface area contributed by atoms with E-state index in [1.54, 1.807) is 42.1 Å². The minimum absolute atomic E-state index is 0.0167. The standard InChI is InChI=1S/C25H24F3N5O5S/c1-4-15-5-6-19(37-3)21(9-15)39(35,36)31-23-22-14(2)7-16(8-20(22)38-30-23)10-33-12-17-11-32(13-18(17)29-33)24(34)25(26,27)28/h5-9,12H,4,10-11,13H2,1-3H3,(H,30,31). The van der Waals surface area contributed by atoms with Crippen LogP contribution in [0.25, 0.3) is 11.0 Å². The SMILES string of the molecule is CCc1ccc(OC)c(S(=O)(=O)Nc2noc3cc(Cn4cc5c(n4)CN(C(=O)C(F)(F)F)C5)cc(C)c23)c1. The third kappa shape index (κ3) is 5.03. The Balaban J connectivity index is 1.36. The molecule has 39 heavy (non-hydrogen) atoms. The van der Waals surface area contributed by atoms with E-state index in [1.165, 1.54) is 7.11 Å². The monoisotopic (exact) mass is 563 g/mol. The number of benzene rings is 2. The van der Waals surface area contributed by atoms with Gasteiger partial charge in [0.1, 0.15) is 10.6 Å². The highest BCUT2D eigenvalue weighted by Crippen LogP contribution is 2.33. The van der Waals surface area contributed by atoms with Crippen molar-refractivity contribution in [3.05, 3.63) is 64.5 Å². The van der Waals surface area contributed by atoms with E-state index in [0.717, 1.165) is 11.1 Å². The number of alkyl halides is 3. The minimum Gasteiger partial charge on any atom is -0.495 e. The van der Waals surface area contributed by atoms with E-state index in [0.29, 0.717) is 39.1 Å². The topological polar surface area (TPSA) is 120 Å². The van der Waals surface area contributed by atoms with E-state index in [9.17, 15) is 26.4 Å². The molecule has 3 heterocycles. The van der Waals surface area contributed by atoms with E-state index in [4.69, 9.17) is 9.26 Å². The van der Waals surface area contributed by atoms with E-state index in [2.05, 4.69) is 15.0 Å². The van der Waals surface area contributed by atoms with Crippen LogP contribution in [0.4, 0.5) is 19.0 Å². The smallest absolute Gasteiger partial charge is 0.471 e. The molecule has 14 heteroatoms. The van der Waals surface area contributed by atoms with Crippen molar-refractivity contribution in [3.63, 3.8) is 0 Å². The summed E-state index contributed by atoms with van der Waals surface area (Å²) in [7, 11) is -2.66. The molecular weight excluding hydrogens is 539 g/mol. The summed E-state index contributed by atoms with van der Waals surface area (Å²) in [6.45, 7) is 3.60. The summed E-state index contributed by atoms with van der Waals surface area (Å²) in [6.07, 6.45) is -2.68. The van der Waals surface area contributed by atoms with Gasteiger partial charge in [0.15, 0.2) is 11.4 Å². The quantitative estimate of drug-likeness (QED) is 0.359. The Morgan fingerprint density at radius 2 is 1.95 bits per heavy atom. The van der Waals surface area contributed by atoms with Crippen molar-refractivity contribution >= 4 is 32.7 Å². The lowest BCUT2D eigenvalue weighted by Crippen LogP contribution is -2.37. The van der Waals surface area contributed by atoms with Gasteiger partial charge in [-0.2, -0.15) is 18.3 Å². The number of aromatic nitrogens is 3. The highest BCUT2D eigenvalue weighted by Gasteiger charge is 2.44. The van der Waals surface area contributed by atoms with Crippen LogP contribution in [-0.4, -0.2) is 47.4 Å². The molecule has 10 nitrogen and oxygen atoms in total. The summed E-state index contributed by atoms with van der Waals surface area (Å²) in [6, 6.07) is 8.46. The number of halogens is 3. The zero-order valence-corrected chi connectivity index (χ0v) is 22.0. The van der Waals surface area contributed by atoms with Crippen LogP contribution in [0.2, 0.25) is 0 Å². The number of carbonyl (C=O) groups is 1. The van der Waals surface area contributed by atoms with Crippen LogP contribution < -0.4 is 9.46 Å². The Bertz CT molecular complexity index is 1670. The second-order valence-electron chi connectivity index (χ2n) is 9.22. The molecule has 5 rings (SSSR count). The zero-order chi connectivity index (χ0) is 28.1. The number of nitrogens with zero attached hydrogens (tertiary/aromatic N) is 4. The van der Waals surface area contributed by atoms with Crippen LogP contribution in [0.3, 0.4) is 0 Å². The number of amides is 1. The van der Waals surface area contributed by atoms with Gasteiger partial charge in [-0.1, -0.05) is 24.2 Å². The van der Waals surface area contributed by atoms with Crippen molar-refractivity contribution in [2.24, 2.45) is 0 Å². The Kier molecular flexibility index (Phi) is 6.53. The molecule has 1 aliphatic rings. The summed E-state index contributed by atoms with van der Waals surface area (Å²) in [5.74, 6) is -1.66. The number of rotatable bonds is 7. The molecule has 1 N–H and O–H groups in total. The fourth-order valence-corrected chi connectivity index (χ4v) is 5.86. The lowest BCUT2D eigenvalue weighted by Gasteiger charge is -2.17. The van der Waals surface area contributed by atoms with Crippen molar-refractivity contribution in [2.45, 2.75) is 51.0 Å². The van der Waals surface area contributed by atoms with Crippen molar-refractivity contribution in [1.29, 1.82) is 0 Å². The summed E-state index contributed by atoms with van der Waals surface area (Å²) in [4.78, 5) is 12.2. The Morgan fingerprint density at radius 1 is 1.18 bits per heavy atom. The Labute approximate surface area is 221 Å². The predicted molar refractivity (Wildman–Crippen MR) is 134 cm³/mol. The van der Waals surface area contributed by atoms with Gasteiger partial charge in [0.2, 0.25) is 0 Å². The average Bonchev–Trinajstić information content (AvgIpc) is 3.56. The maximum atomic E-state index is 13.2. The maximum Gasteiger partial charge on any atom is 0.471 e. The number of aryl methyl sites for hydroxylation is 2. The number of fused-ring (bicyclic) bond motifs is 2. The third-order valence-corrected chi connectivity index (χ3v) is 7.85. The second kappa shape index (κ2) is 9.59. The third-order valence-electron chi connectivity index (χ3n) is 6.49. The molecule has 0 spiro atoms. The molecule has 0 saturated heterocycles. The first-order valence-corrected chi connectivity index (χ1v) is 13.4. The number of ether oxygens (including phenoxy) is 1. The fraction of sp³-hybridized carbons (Fsp3) is 0.320. The molecule has 2 aromatic heterocycles. The molecule has 0 unspecified atom stereocenters. The minimum atomic E-state index is -4.93. The molecule has 0 fully saturated rings. The fourth-order valence-electron chi connectivity index (χ4n) is 4.64. The molecule has 0 bridgehead atoms. The van der Waals surface area contributed by atoms with Gasteiger partial charge in [0.25, 0.3) is 10.0 Å². The molecule has 2 aromatic carbocycles. The molecule has 0 radical (unpaired) electrons. The number of sulfonamides is 1. The van der Waals surface area contributed by atoms with Gasteiger partial charge in [0.05, 0.1) is 31.3 Å². The molecule has 0 saturated carbocycles. The molecule has 0 aliphatic carbocycles. The first kappa shape index (κ1) is 26.5. The van der Waals surface area contributed by atoms with Crippen molar-refractivity contribution in [3.8, 4) is 5.75 Å². The van der Waals surface area contributed by atoms with Gasteiger partial charge in [-0.15, -0.1) is 0 Å². The maximum absolute atomic E-state index is 13.2. The summed E-state index contributed by atoms with van der Waals surface area (Å²) in [5, 5.41) is 8.76. The summed E-state index contributed by atoms with van der Waals surface area (Å²) >= 11 is 0. The molecule has 206 valence electrons. The second-order valence-corrected chi connectivity index (χ2v) is 10.9. The van der Waals surface area contributed by atoms with Crippen molar-refractivity contribution in [1.82, 2.24) is 19.8 Å². The summed E-state index contributed by atoms with van der Waals surface area (Å²) in [5.41, 5.74) is 3.57.